The summed E-state index contributed by atoms with van der Waals surface area (Å²) < 4.78 is 28.2. The molecule has 0 amide bonds. The summed E-state index contributed by atoms with van der Waals surface area (Å²) >= 11 is 5.98. The summed E-state index contributed by atoms with van der Waals surface area (Å²) in [6.07, 6.45) is 2.77. The number of nitrogens with zero attached hydrogens (tertiary/aromatic N) is 2. The summed E-state index contributed by atoms with van der Waals surface area (Å²) in [7, 11) is -2.15. The third-order valence-electron chi connectivity index (χ3n) is 2.48. The van der Waals surface area contributed by atoms with Gasteiger partial charge >= 0.3 is 0 Å². The van der Waals surface area contributed by atoms with Gasteiger partial charge in [0.1, 0.15) is 6.61 Å². The highest BCUT2D eigenvalue weighted by Gasteiger charge is 2.18. The molecular weight excluding hydrogens is 314 g/mol. The average molecular weight is 326 g/mol. The van der Waals surface area contributed by atoms with Crippen LogP contribution in [-0.2, 0) is 17.1 Å². The highest BCUT2D eigenvalue weighted by atomic mass is 35.5. The van der Waals surface area contributed by atoms with E-state index in [1.54, 1.807) is 13.1 Å². The van der Waals surface area contributed by atoms with Gasteiger partial charge in [-0.05, 0) is 18.2 Å². The lowest BCUT2D eigenvalue weighted by Crippen LogP contribution is -2.13. The standard InChI is InChI=1S/C13H12ClN3O3S/c1-17-8-13(15-9-17)21(19,20)16-12-7-10(3-2-6-18)4-5-11(12)14/h4-5,7-9,16,18H,6H2,1H3. The third kappa shape index (κ3) is 3.76. The van der Waals surface area contributed by atoms with Gasteiger partial charge in [-0.2, -0.15) is 8.42 Å². The first-order chi connectivity index (χ1) is 9.92. The minimum atomic E-state index is -3.82. The zero-order valence-corrected chi connectivity index (χ0v) is 12.6. The highest BCUT2D eigenvalue weighted by Crippen LogP contribution is 2.25. The molecule has 1 aromatic heterocycles. The van der Waals surface area contributed by atoms with Crippen molar-refractivity contribution in [2.24, 2.45) is 7.05 Å². The third-order valence-corrected chi connectivity index (χ3v) is 4.06. The predicted octanol–water partition coefficient (Wildman–Crippen LogP) is 1.22. The number of hydrogen-bond donors (Lipinski definition) is 2. The summed E-state index contributed by atoms with van der Waals surface area (Å²) in [5, 5.41) is 8.80. The van der Waals surface area contributed by atoms with Crippen molar-refractivity contribution < 1.29 is 13.5 Å². The molecule has 0 bridgehead atoms. The van der Waals surface area contributed by atoms with Crippen LogP contribution < -0.4 is 4.72 Å². The van der Waals surface area contributed by atoms with Crippen LogP contribution in [0.5, 0.6) is 0 Å². The first-order valence-corrected chi connectivity index (χ1v) is 7.68. The number of aromatic nitrogens is 2. The van der Waals surface area contributed by atoms with Gasteiger partial charge in [0.15, 0.2) is 5.03 Å². The lowest BCUT2D eigenvalue weighted by molar-refractivity contribution is 0.350. The molecule has 2 N–H and O–H groups in total. The van der Waals surface area contributed by atoms with Crippen LogP contribution in [0.15, 0.2) is 35.7 Å². The van der Waals surface area contributed by atoms with E-state index >= 15 is 0 Å². The molecule has 0 radical (unpaired) electrons. The topological polar surface area (TPSA) is 84.2 Å². The molecule has 0 aliphatic carbocycles. The molecule has 0 aliphatic rings. The number of benzene rings is 1. The molecule has 21 heavy (non-hydrogen) atoms. The molecule has 0 saturated carbocycles. The van der Waals surface area contributed by atoms with Crippen LogP contribution in [-0.4, -0.2) is 29.7 Å². The van der Waals surface area contributed by atoms with Crippen LogP contribution in [0.4, 0.5) is 5.69 Å². The van der Waals surface area contributed by atoms with Crippen molar-refractivity contribution in [3.8, 4) is 11.8 Å². The maximum Gasteiger partial charge on any atom is 0.280 e. The fraction of sp³-hybridized carbons (Fsp3) is 0.154. The van der Waals surface area contributed by atoms with Gasteiger partial charge in [0.25, 0.3) is 10.0 Å². The molecule has 0 spiro atoms. The summed E-state index contributed by atoms with van der Waals surface area (Å²) in [6, 6.07) is 4.65. The summed E-state index contributed by atoms with van der Waals surface area (Å²) in [5.41, 5.74) is 0.735. The van der Waals surface area contributed by atoms with Crippen LogP contribution in [0, 0.1) is 11.8 Å². The SMILES string of the molecule is Cn1cnc(S(=O)(=O)Nc2cc(C#CCO)ccc2Cl)c1. The second-order valence-corrected chi connectivity index (χ2v) is 6.17. The van der Waals surface area contributed by atoms with Crippen molar-refractivity contribution in [3.05, 3.63) is 41.3 Å². The zero-order chi connectivity index (χ0) is 15.5. The van der Waals surface area contributed by atoms with Crippen molar-refractivity contribution in [3.63, 3.8) is 0 Å². The number of sulfonamides is 1. The van der Waals surface area contributed by atoms with E-state index in [1.165, 1.54) is 29.2 Å². The molecule has 0 aliphatic heterocycles. The Labute approximate surface area is 127 Å². The minimum Gasteiger partial charge on any atom is -0.384 e. The van der Waals surface area contributed by atoms with Gasteiger partial charge in [-0.1, -0.05) is 23.4 Å². The van der Waals surface area contributed by atoms with E-state index in [4.69, 9.17) is 16.7 Å². The van der Waals surface area contributed by atoms with Gasteiger partial charge in [-0.3, -0.25) is 4.72 Å². The zero-order valence-electron chi connectivity index (χ0n) is 11.0. The van der Waals surface area contributed by atoms with Crippen LogP contribution in [0.2, 0.25) is 5.02 Å². The smallest absolute Gasteiger partial charge is 0.280 e. The molecule has 0 unspecified atom stereocenters. The molecule has 0 fully saturated rings. The van der Waals surface area contributed by atoms with Crippen molar-refractivity contribution in [1.29, 1.82) is 0 Å². The average Bonchev–Trinajstić information content (AvgIpc) is 2.87. The van der Waals surface area contributed by atoms with Crippen LogP contribution >= 0.6 is 11.6 Å². The highest BCUT2D eigenvalue weighted by molar-refractivity contribution is 7.92. The number of rotatable bonds is 3. The molecule has 110 valence electrons. The molecule has 2 aromatic rings. The van der Waals surface area contributed by atoms with Crippen LogP contribution in [0.25, 0.3) is 0 Å². The molecular formula is C13H12ClN3O3S. The molecule has 0 atom stereocenters. The summed E-state index contributed by atoms with van der Waals surface area (Å²) in [4.78, 5) is 3.79. The number of nitrogens with one attached hydrogen (secondary N) is 1. The lowest BCUT2D eigenvalue weighted by atomic mass is 10.2. The van der Waals surface area contributed by atoms with E-state index in [2.05, 4.69) is 21.5 Å². The first kappa shape index (κ1) is 15.4. The number of halogens is 1. The predicted molar refractivity (Wildman–Crippen MR) is 79.4 cm³/mol. The van der Waals surface area contributed by atoms with E-state index < -0.39 is 10.0 Å². The molecule has 0 saturated heterocycles. The monoisotopic (exact) mass is 325 g/mol. The largest absolute Gasteiger partial charge is 0.384 e. The van der Waals surface area contributed by atoms with Crippen molar-refractivity contribution in [1.82, 2.24) is 9.55 Å². The number of imidazole rings is 1. The van der Waals surface area contributed by atoms with E-state index in [0.29, 0.717) is 5.56 Å². The molecule has 2 rings (SSSR count). The minimum absolute atomic E-state index is 0.104. The van der Waals surface area contributed by atoms with E-state index in [9.17, 15) is 8.42 Å². The van der Waals surface area contributed by atoms with Crippen LogP contribution in [0.3, 0.4) is 0 Å². The van der Waals surface area contributed by atoms with E-state index in [0.717, 1.165) is 0 Å². The van der Waals surface area contributed by atoms with Crippen molar-refractivity contribution >= 4 is 27.3 Å². The van der Waals surface area contributed by atoms with Gasteiger partial charge < -0.3 is 9.67 Å². The molecule has 6 nitrogen and oxygen atoms in total. The number of aliphatic hydroxyl groups is 1. The quantitative estimate of drug-likeness (QED) is 0.831. The van der Waals surface area contributed by atoms with Crippen molar-refractivity contribution in [2.75, 3.05) is 11.3 Å². The fourth-order valence-electron chi connectivity index (χ4n) is 1.55. The number of anilines is 1. The Hall–Kier alpha value is -2.01. The first-order valence-electron chi connectivity index (χ1n) is 5.82. The van der Waals surface area contributed by atoms with Gasteiger partial charge in [0.2, 0.25) is 0 Å². The number of aliphatic hydroxyl groups excluding tert-OH is 1. The Balaban J connectivity index is 2.34. The molecule has 1 aromatic carbocycles. The fourth-order valence-corrected chi connectivity index (χ4v) is 2.82. The summed E-state index contributed by atoms with van der Waals surface area (Å²) in [6.45, 7) is -0.280. The lowest BCUT2D eigenvalue weighted by Gasteiger charge is -2.08. The Morgan fingerprint density at radius 3 is 2.86 bits per heavy atom. The van der Waals surface area contributed by atoms with Gasteiger partial charge in [0, 0.05) is 18.8 Å². The van der Waals surface area contributed by atoms with Gasteiger partial charge in [0.05, 0.1) is 17.0 Å². The Bertz CT molecular complexity index is 819. The maximum atomic E-state index is 12.2. The number of aryl methyl sites for hydroxylation is 1. The Kier molecular flexibility index (Phi) is 4.53. The van der Waals surface area contributed by atoms with Crippen molar-refractivity contribution in [2.45, 2.75) is 5.03 Å². The molecule has 8 heteroatoms. The summed E-state index contributed by atoms with van der Waals surface area (Å²) in [5.74, 6) is 5.16. The van der Waals surface area contributed by atoms with Gasteiger partial charge in [-0.15, -0.1) is 0 Å². The normalized spacial score (nSPS) is 10.8. The second-order valence-electron chi connectivity index (χ2n) is 4.14. The van der Waals surface area contributed by atoms with E-state index in [-0.39, 0.29) is 22.3 Å². The van der Waals surface area contributed by atoms with Crippen LogP contribution in [0.1, 0.15) is 5.56 Å². The second kappa shape index (κ2) is 6.18. The maximum absolute atomic E-state index is 12.2. The van der Waals surface area contributed by atoms with E-state index in [1.807, 2.05) is 0 Å². The Morgan fingerprint density at radius 1 is 1.48 bits per heavy atom. The molecule has 1 heterocycles. The Morgan fingerprint density at radius 2 is 2.24 bits per heavy atom. The van der Waals surface area contributed by atoms with Gasteiger partial charge in [-0.25, -0.2) is 4.98 Å². The number of hydrogen-bond acceptors (Lipinski definition) is 4.